The lowest BCUT2D eigenvalue weighted by atomic mass is 9.48. The molecule has 4 bridgehead atoms. The molecule has 2 aromatic rings. The minimum Gasteiger partial charge on any atom is -0.301 e. The number of hydrogen-bond donors (Lipinski definition) is 1. The fourth-order valence-corrected chi connectivity index (χ4v) is 8.16. The van der Waals surface area contributed by atoms with Crippen molar-refractivity contribution >= 4 is 38.3 Å². The summed E-state index contributed by atoms with van der Waals surface area (Å²) in [6.07, 6.45) is 9.83. The van der Waals surface area contributed by atoms with E-state index in [2.05, 4.69) is 36.4 Å². The Morgan fingerprint density at radius 1 is 1.23 bits per heavy atom. The van der Waals surface area contributed by atoms with Crippen LogP contribution >= 0.6 is 27.3 Å². The molecule has 0 radical (unpaired) electrons. The van der Waals surface area contributed by atoms with Gasteiger partial charge < -0.3 is 5.32 Å². The first-order chi connectivity index (χ1) is 12.5. The summed E-state index contributed by atoms with van der Waals surface area (Å²) in [5.74, 6) is 1.66. The number of hydrogen-bond acceptors (Lipinski definition) is 5. The fraction of sp³-hybridized carbons (Fsp3) is 0.579. The average molecular weight is 433 g/mol. The third kappa shape index (κ3) is 3.09. The van der Waals surface area contributed by atoms with Gasteiger partial charge in [0.25, 0.3) is 0 Å². The lowest BCUT2D eigenvalue weighted by Crippen LogP contribution is -2.53. The Balaban J connectivity index is 1.28. The van der Waals surface area contributed by atoms with Gasteiger partial charge in [-0.1, -0.05) is 33.3 Å². The lowest BCUT2D eigenvalue weighted by Gasteiger charge is -2.60. The van der Waals surface area contributed by atoms with Crippen LogP contribution < -0.4 is 5.32 Å². The van der Waals surface area contributed by atoms with E-state index in [1.807, 2.05) is 18.2 Å². The third-order valence-corrected chi connectivity index (χ3v) is 7.99. The number of carbonyl (C=O) groups excluding carboxylic acids is 1. The van der Waals surface area contributed by atoms with E-state index in [1.165, 1.54) is 43.4 Å². The van der Waals surface area contributed by atoms with Crippen LogP contribution in [0.5, 0.6) is 0 Å². The molecule has 0 aromatic carbocycles. The Kier molecular flexibility index (Phi) is 3.94. The number of nitrogens with zero attached hydrogens (tertiary/aromatic N) is 3. The average Bonchev–Trinajstić information content (AvgIpc) is 3.01. The van der Waals surface area contributed by atoms with Crippen molar-refractivity contribution in [1.82, 2.24) is 15.2 Å². The minimum atomic E-state index is 0.0757. The third-order valence-electron chi connectivity index (χ3n) is 6.20. The van der Waals surface area contributed by atoms with E-state index in [0.717, 1.165) is 29.0 Å². The highest BCUT2D eigenvalue weighted by molar-refractivity contribution is 9.10. The molecule has 136 valence electrons. The van der Waals surface area contributed by atoms with E-state index in [-0.39, 0.29) is 15.6 Å². The number of pyridine rings is 1. The van der Waals surface area contributed by atoms with Crippen molar-refractivity contribution in [2.75, 3.05) is 5.32 Å². The molecule has 6 rings (SSSR count). The molecule has 0 aliphatic heterocycles. The molecule has 0 saturated heterocycles. The molecule has 4 aliphatic carbocycles. The van der Waals surface area contributed by atoms with Gasteiger partial charge in [0.2, 0.25) is 11.0 Å². The monoisotopic (exact) mass is 432 g/mol. The van der Waals surface area contributed by atoms with Crippen molar-refractivity contribution in [3.05, 3.63) is 24.4 Å². The largest absolute Gasteiger partial charge is 0.301 e. The van der Waals surface area contributed by atoms with Crippen LogP contribution in [0.4, 0.5) is 5.13 Å². The molecule has 2 atom stereocenters. The van der Waals surface area contributed by atoms with E-state index in [0.29, 0.717) is 11.6 Å². The van der Waals surface area contributed by atoms with Crippen molar-refractivity contribution in [1.29, 1.82) is 0 Å². The smallest absolute Gasteiger partial charge is 0.226 e. The first-order valence-electron chi connectivity index (χ1n) is 9.25. The van der Waals surface area contributed by atoms with Crippen molar-refractivity contribution < 1.29 is 4.79 Å². The summed E-state index contributed by atoms with van der Waals surface area (Å²) in [5.41, 5.74) is 0.958. The second-order valence-corrected chi connectivity index (χ2v) is 11.1. The van der Waals surface area contributed by atoms with Gasteiger partial charge in [-0.25, -0.2) is 0 Å². The molecule has 1 amide bonds. The van der Waals surface area contributed by atoms with Gasteiger partial charge in [0.15, 0.2) is 5.01 Å². The maximum Gasteiger partial charge on any atom is 0.226 e. The van der Waals surface area contributed by atoms with Gasteiger partial charge in [-0.2, -0.15) is 0 Å². The molecular weight excluding hydrogens is 412 g/mol. The van der Waals surface area contributed by atoms with E-state index >= 15 is 0 Å². The van der Waals surface area contributed by atoms with Crippen LogP contribution in [0.3, 0.4) is 0 Å². The number of nitrogens with one attached hydrogen (secondary N) is 1. The van der Waals surface area contributed by atoms with Crippen molar-refractivity contribution in [3.63, 3.8) is 0 Å². The molecule has 7 heteroatoms. The maximum absolute atomic E-state index is 12.7. The zero-order valence-corrected chi connectivity index (χ0v) is 16.9. The van der Waals surface area contributed by atoms with Gasteiger partial charge in [-0.05, 0) is 67.9 Å². The van der Waals surface area contributed by atoms with Crippen molar-refractivity contribution in [2.45, 2.75) is 49.3 Å². The van der Waals surface area contributed by atoms with Crippen LogP contribution in [-0.2, 0) is 4.79 Å². The van der Waals surface area contributed by atoms with Gasteiger partial charge in [0, 0.05) is 16.9 Å². The summed E-state index contributed by atoms with van der Waals surface area (Å²) < 4.78 is 0.284. The number of halogens is 1. The standard InChI is InChI=1S/C19H21BrN4OS/c20-19-8-12-5-13(9-19)7-18(6-12,11-19)10-15(25)22-17-24-23-16(26-17)14-3-1-2-4-21-14/h1-4,12-13H,5-11H2,(H,22,24,25). The SMILES string of the molecule is O=C(CC12CC3CC(CC(Br)(C3)C1)C2)Nc1nnc(-c2ccccn2)s1. The molecule has 2 aromatic heterocycles. The van der Waals surface area contributed by atoms with E-state index in [1.54, 1.807) is 6.20 Å². The fourth-order valence-electron chi connectivity index (χ4n) is 5.91. The first-order valence-corrected chi connectivity index (χ1v) is 10.9. The highest BCUT2D eigenvalue weighted by Gasteiger charge is 2.57. The molecule has 26 heavy (non-hydrogen) atoms. The van der Waals surface area contributed by atoms with Gasteiger partial charge in [0.1, 0.15) is 5.69 Å². The van der Waals surface area contributed by atoms with Gasteiger partial charge in [-0.3, -0.25) is 9.78 Å². The van der Waals surface area contributed by atoms with E-state index < -0.39 is 0 Å². The Morgan fingerprint density at radius 3 is 2.73 bits per heavy atom. The van der Waals surface area contributed by atoms with Gasteiger partial charge in [-0.15, -0.1) is 10.2 Å². The van der Waals surface area contributed by atoms with Crippen LogP contribution in [0, 0.1) is 17.3 Å². The van der Waals surface area contributed by atoms with Gasteiger partial charge in [0.05, 0.1) is 0 Å². The minimum absolute atomic E-state index is 0.0757. The van der Waals surface area contributed by atoms with E-state index in [4.69, 9.17) is 0 Å². The summed E-state index contributed by atoms with van der Waals surface area (Å²) in [5, 5.41) is 12.6. The molecule has 4 aliphatic rings. The molecule has 4 saturated carbocycles. The van der Waals surface area contributed by atoms with Gasteiger partial charge >= 0.3 is 0 Å². The van der Waals surface area contributed by atoms with Crippen LogP contribution in [0.25, 0.3) is 10.7 Å². The second kappa shape index (κ2) is 6.09. The summed E-state index contributed by atoms with van der Waals surface area (Å²) in [7, 11) is 0. The maximum atomic E-state index is 12.7. The summed E-state index contributed by atoms with van der Waals surface area (Å²) in [4.78, 5) is 17.0. The number of alkyl halides is 1. The molecular formula is C19H21BrN4OS. The quantitative estimate of drug-likeness (QED) is 0.712. The first kappa shape index (κ1) is 16.8. The van der Waals surface area contributed by atoms with E-state index in [9.17, 15) is 4.79 Å². The molecule has 2 heterocycles. The predicted molar refractivity (Wildman–Crippen MR) is 105 cm³/mol. The predicted octanol–water partition coefficient (Wildman–Crippen LogP) is 4.66. The number of anilines is 1. The lowest BCUT2D eigenvalue weighted by molar-refractivity contribution is -0.123. The summed E-state index contributed by atoms with van der Waals surface area (Å²) in [6.45, 7) is 0. The second-order valence-electron chi connectivity index (χ2n) is 8.46. The molecule has 0 spiro atoms. The Bertz CT molecular complexity index is 825. The van der Waals surface area contributed by atoms with Crippen LogP contribution in [-0.4, -0.2) is 25.4 Å². The Morgan fingerprint density at radius 2 is 2.04 bits per heavy atom. The summed E-state index contributed by atoms with van der Waals surface area (Å²) >= 11 is 5.40. The number of aromatic nitrogens is 3. The Labute approximate surface area is 165 Å². The Hall–Kier alpha value is -1.34. The highest BCUT2D eigenvalue weighted by Crippen LogP contribution is 2.65. The number of carbonyl (C=O) groups is 1. The molecule has 1 N–H and O–H groups in total. The number of rotatable bonds is 4. The highest BCUT2D eigenvalue weighted by atomic mass is 79.9. The topological polar surface area (TPSA) is 67.8 Å². The van der Waals surface area contributed by atoms with Crippen molar-refractivity contribution in [2.24, 2.45) is 17.3 Å². The number of amides is 1. The summed E-state index contributed by atoms with van der Waals surface area (Å²) in [6, 6.07) is 5.69. The molecule has 2 unspecified atom stereocenters. The van der Waals surface area contributed by atoms with Crippen LogP contribution in [0.2, 0.25) is 0 Å². The van der Waals surface area contributed by atoms with Crippen molar-refractivity contribution in [3.8, 4) is 10.7 Å². The molecule has 4 fully saturated rings. The zero-order chi connectivity index (χ0) is 17.8. The normalized spacial score (nSPS) is 34.8. The zero-order valence-electron chi connectivity index (χ0n) is 14.4. The molecule has 5 nitrogen and oxygen atoms in total. The van der Waals surface area contributed by atoms with Crippen LogP contribution in [0.15, 0.2) is 24.4 Å². The van der Waals surface area contributed by atoms with Crippen LogP contribution in [0.1, 0.15) is 44.9 Å².